The largest absolute Gasteiger partial charge is 0.295 e. The third-order valence-corrected chi connectivity index (χ3v) is 3.86. The van der Waals surface area contributed by atoms with Gasteiger partial charge in [0, 0.05) is 11.8 Å². The molecule has 2 aromatic carbocycles. The van der Waals surface area contributed by atoms with Gasteiger partial charge in [-0.2, -0.15) is 0 Å². The maximum absolute atomic E-state index is 13.8. The van der Waals surface area contributed by atoms with Crippen molar-refractivity contribution in [3.63, 3.8) is 0 Å². The summed E-state index contributed by atoms with van der Waals surface area (Å²) in [6.45, 7) is 3.85. The lowest BCUT2D eigenvalue weighted by atomic mass is 10.2. The highest BCUT2D eigenvalue weighted by Gasteiger charge is 2.18. The molecule has 108 valence electrons. The standard InChI is InChI=1S/C16H13Cl2FN2/c1-9-3-5-11(6-4-9)21-15-8-13(19)12(18)7-14(15)20-16(21)10(2)17/h3-8,10H,1-2H3. The van der Waals surface area contributed by atoms with E-state index in [2.05, 4.69) is 4.98 Å². The molecule has 5 heteroatoms. The van der Waals surface area contributed by atoms with Crippen molar-refractivity contribution in [2.24, 2.45) is 0 Å². The Bertz CT molecular complexity index is 807. The number of fused-ring (bicyclic) bond motifs is 1. The third-order valence-electron chi connectivity index (χ3n) is 3.37. The van der Waals surface area contributed by atoms with Gasteiger partial charge >= 0.3 is 0 Å². The third kappa shape index (κ3) is 2.52. The Morgan fingerprint density at radius 3 is 2.48 bits per heavy atom. The Kier molecular flexibility index (Phi) is 3.64. The van der Waals surface area contributed by atoms with E-state index in [0.717, 1.165) is 11.3 Å². The highest BCUT2D eigenvalue weighted by molar-refractivity contribution is 6.31. The van der Waals surface area contributed by atoms with Crippen LogP contribution in [0.15, 0.2) is 36.4 Å². The van der Waals surface area contributed by atoms with E-state index in [4.69, 9.17) is 23.2 Å². The van der Waals surface area contributed by atoms with E-state index in [1.165, 1.54) is 12.1 Å². The van der Waals surface area contributed by atoms with Gasteiger partial charge in [0.2, 0.25) is 0 Å². The maximum Gasteiger partial charge on any atom is 0.144 e. The number of nitrogens with zero attached hydrogens (tertiary/aromatic N) is 2. The van der Waals surface area contributed by atoms with Gasteiger partial charge in [0.1, 0.15) is 11.6 Å². The van der Waals surface area contributed by atoms with Crippen molar-refractivity contribution in [3.8, 4) is 5.69 Å². The van der Waals surface area contributed by atoms with Gasteiger partial charge in [0.15, 0.2) is 0 Å². The monoisotopic (exact) mass is 322 g/mol. The van der Waals surface area contributed by atoms with Crippen LogP contribution < -0.4 is 0 Å². The summed E-state index contributed by atoms with van der Waals surface area (Å²) in [5.74, 6) is 0.198. The second kappa shape index (κ2) is 5.32. The fourth-order valence-corrected chi connectivity index (χ4v) is 2.63. The van der Waals surface area contributed by atoms with E-state index in [1.807, 2.05) is 42.7 Å². The lowest BCUT2D eigenvalue weighted by Gasteiger charge is -2.11. The minimum Gasteiger partial charge on any atom is -0.295 e. The molecule has 0 bridgehead atoms. The van der Waals surface area contributed by atoms with E-state index in [-0.39, 0.29) is 10.4 Å². The van der Waals surface area contributed by atoms with Crippen LogP contribution in [-0.2, 0) is 0 Å². The Labute approximate surface area is 132 Å². The first kappa shape index (κ1) is 14.4. The quantitative estimate of drug-likeness (QED) is 0.575. The van der Waals surface area contributed by atoms with Gasteiger partial charge in [-0.05, 0) is 32.0 Å². The van der Waals surface area contributed by atoms with Crippen molar-refractivity contribution in [1.29, 1.82) is 0 Å². The van der Waals surface area contributed by atoms with Gasteiger partial charge in [-0.25, -0.2) is 9.37 Å². The van der Waals surface area contributed by atoms with E-state index in [9.17, 15) is 4.39 Å². The molecule has 0 aliphatic heterocycles. The van der Waals surface area contributed by atoms with Crippen LogP contribution in [0.2, 0.25) is 5.02 Å². The Balaban J connectivity index is 2.35. The molecule has 0 amide bonds. The summed E-state index contributed by atoms with van der Waals surface area (Å²) < 4.78 is 15.7. The smallest absolute Gasteiger partial charge is 0.144 e. The average molecular weight is 323 g/mol. The zero-order valence-electron chi connectivity index (χ0n) is 11.6. The predicted octanol–water partition coefficient (Wildman–Crippen LogP) is 5.43. The zero-order valence-corrected chi connectivity index (χ0v) is 13.1. The van der Waals surface area contributed by atoms with Gasteiger partial charge in [0.05, 0.1) is 21.4 Å². The van der Waals surface area contributed by atoms with Crippen LogP contribution in [0, 0.1) is 12.7 Å². The summed E-state index contributed by atoms with van der Waals surface area (Å²) in [5, 5.41) is -0.245. The van der Waals surface area contributed by atoms with Crippen molar-refractivity contribution in [2.45, 2.75) is 19.2 Å². The molecule has 0 spiro atoms. The summed E-state index contributed by atoms with van der Waals surface area (Å²) in [6, 6.07) is 10.8. The van der Waals surface area contributed by atoms with Crippen LogP contribution in [0.1, 0.15) is 23.7 Å². The summed E-state index contributed by atoms with van der Waals surface area (Å²) in [5.41, 5.74) is 3.33. The second-order valence-electron chi connectivity index (χ2n) is 5.01. The molecule has 3 rings (SSSR count). The van der Waals surface area contributed by atoms with Crippen LogP contribution in [0.4, 0.5) is 4.39 Å². The minimum atomic E-state index is -0.466. The maximum atomic E-state index is 13.8. The van der Waals surface area contributed by atoms with Gasteiger partial charge in [-0.15, -0.1) is 11.6 Å². The number of hydrogen-bond donors (Lipinski definition) is 0. The zero-order chi connectivity index (χ0) is 15.1. The number of hydrogen-bond acceptors (Lipinski definition) is 1. The van der Waals surface area contributed by atoms with E-state index in [0.29, 0.717) is 16.9 Å². The van der Waals surface area contributed by atoms with Gasteiger partial charge in [-0.3, -0.25) is 4.57 Å². The summed E-state index contributed by atoms with van der Waals surface area (Å²) in [6.07, 6.45) is 0. The van der Waals surface area contributed by atoms with Crippen LogP contribution in [-0.4, -0.2) is 9.55 Å². The van der Waals surface area contributed by atoms with Crippen LogP contribution >= 0.6 is 23.2 Å². The molecule has 0 saturated carbocycles. The van der Waals surface area contributed by atoms with Crippen molar-refractivity contribution < 1.29 is 4.39 Å². The molecule has 3 aromatic rings. The summed E-state index contributed by atoms with van der Waals surface area (Å²) in [4.78, 5) is 4.49. The van der Waals surface area contributed by atoms with Crippen molar-refractivity contribution in [1.82, 2.24) is 9.55 Å². The first-order valence-corrected chi connectivity index (χ1v) is 7.37. The molecular weight excluding hydrogens is 310 g/mol. The number of benzene rings is 2. The molecule has 1 atom stereocenters. The number of rotatable bonds is 2. The number of aromatic nitrogens is 2. The molecule has 0 aliphatic carbocycles. The van der Waals surface area contributed by atoms with E-state index < -0.39 is 5.82 Å². The Morgan fingerprint density at radius 2 is 1.86 bits per heavy atom. The molecule has 1 aromatic heterocycles. The summed E-state index contributed by atoms with van der Waals surface area (Å²) in [7, 11) is 0. The molecular formula is C16H13Cl2FN2. The molecule has 1 heterocycles. The average Bonchev–Trinajstić information content (AvgIpc) is 2.79. The predicted molar refractivity (Wildman–Crippen MR) is 85.0 cm³/mol. The molecule has 0 radical (unpaired) electrons. The first-order valence-electron chi connectivity index (χ1n) is 6.56. The van der Waals surface area contributed by atoms with Crippen LogP contribution in [0.5, 0.6) is 0 Å². The van der Waals surface area contributed by atoms with E-state index in [1.54, 1.807) is 0 Å². The first-order chi connectivity index (χ1) is 9.97. The summed E-state index contributed by atoms with van der Waals surface area (Å²) >= 11 is 12.1. The highest BCUT2D eigenvalue weighted by Crippen LogP contribution is 2.30. The normalized spacial score (nSPS) is 12.8. The molecule has 0 aliphatic rings. The fraction of sp³-hybridized carbons (Fsp3) is 0.188. The fourth-order valence-electron chi connectivity index (χ4n) is 2.32. The van der Waals surface area contributed by atoms with Crippen molar-refractivity contribution in [3.05, 3.63) is 58.6 Å². The minimum absolute atomic E-state index is 0.0600. The molecule has 0 fully saturated rings. The molecule has 0 N–H and O–H groups in total. The molecule has 21 heavy (non-hydrogen) atoms. The second-order valence-corrected chi connectivity index (χ2v) is 6.07. The SMILES string of the molecule is Cc1ccc(-n2c(C(C)Cl)nc3cc(Cl)c(F)cc32)cc1. The van der Waals surface area contributed by atoms with Crippen LogP contribution in [0.3, 0.4) is 0 Å². The van der Waals surface area contributed by atoms with Crippen LogP contribution in [0.25, 0.3) is 16.7 Å². The lowest BCUT2D eigenvalue weighted by molar-refractivity contribution is 0.629. The lowest BCUT2D eigenvalue weighted by Crippen LogP contribution is -2.02. The topological polar surface area (TPSA) is 17.8 Å². The highest BCUT2D eigenvalue weighted by atomic mass is 35.5. The van der Waals surface area contributed by atoms with Gasteiger partial charge in [-0.1, -0.05) is 29.3 Å². The number of aryl methyl sites for hydroxylation is 1. The molecule has 2 nitrogen and oxygen atoms in total. The number of alkyl halides is 1. The molecule has 1 unspecified atom stereocenters. The van der Waals surface area contributed by atoms with Crippen molar-refractivity contribution >= 4 is 34.2 Å². The van der Waals surface area contributed by atoms with Gasteiger partial charge in [0.25, 0.3) is 0 Å². The van der Waals surface area contributed by atoms with Crippen molar-refractivity contribution in [2.75, 3.05) is 0 Å². The Hall–Kier alpha value is -1.58. The number of imidazole rings is 1. The molecule has 0 saturated heterocycles. The Morgan fingerprint density at radius 1 is 1.19 bits per heavy atom. The van der Waals surface area contributed by atoms with Gasteiger partial charge < -0.3 is 0 Å². The van der Waals surface area contributed by atoms with E-state index >= 15 is 0 Å². The number of halogens is 3.